The van der Waals surface area contributed by atoms with Gasteiger partial charge >= 0.3 is 0 Å². The van der Waals surface area contributed by atoms with Gasteiger partial charge < -0.3 is 11.1 Å². The molecule has 5 heteroatoms. The third-order valence-electron chi connectivity index (χ3n) is 3.76. The third kappa shape index (κ3) is 7.16. The molecule has 0 aliphatic rings. The van der Waals surface area contributed by atoms with E-state index in [4.69, 9.17) is 5.73 Å². The predicted molar refractivity (Wildman–Crippen MR) is 88.2 cm³/mol. The topological polar surface area (TPSA) is 83.8 Å². The molecular formula is C16H30N4O. The van der Waals surface area contributed by atoms with Crippen molar-refractivity contribution in [2.24, 2.45) is 0 Å². The number of aryl methyl sites for hydroxylation is 1. The van der Waals surface area contributed by atoms with Gasteiger partial charge in [0.25, 0.3) is 0 Å². The van der Waals surface area contributed by atoms with Gasteiger partial charge in [-0.3, -0.25) is 9.89 Å². The third-order valence-corrected chi connectivity index (χ3v) is 3.76. The molecule has 1 aromatic heterocycles. The molecule has 0 unspecified atom stereocenters. The summed E-state index contributed by atoms with van der Waals surface area (Å²) < 4.78 is 0. The number of carbonyl (C=O) groups excluding carboxylic acids is 1. The number of nitrogens with one attached hydrogen (secondary N) is 2. The average Bonchev–Trinajstić information content (AvgIpc) is 2.77. The first-order valence-corrected chi connectivity index (χ1v) is 8.25. The van der Waals surface area contributed by atoms with Gasteiger partial charge in [-0.05, 0) is 13.3 Å². The summed E-state index contributed by atoms with van der Waals surface area (Å²) in [6.07, 6.45) is 11.8. The number of anilines is 2. The van der Waals surface area contributed by atoms with Crippen LogP contribution in [0.2, 0.25) is 0 Å². The lowest BCUT2D eigenvalue weighted by Gasteiger charge is -2.04. The van der Waals surface area contributed by atoms with Gasteiger partial charge in [0, 0.05) is 6.42 Å². The van der Waals surface area contributed by atoms with E-state index in [0.29, 0.717) is 17.9 Å². The first-order chi connectivity index (χ1) is 10.1. The average molecular weight is 294 g/mol. The number of amides is 1. The van der Waals surface area contributed by atoms with Gasteiger partial charge in [-0.1, -0.05) is 58.3 Å². The number of nitrogen functional groups attached to an aromatic ring is 1. The van der Waals surface area contributed by atoms with Crippen LogP contribution in [0.25, 0.3) is 0 Å². The first kappa shape index (κ1) is 17.5. The maximum atomic E-state index is 11.8. The number of unbranched alkanes of at least 4 members (excludes halogenated alkanes) is 8. The second-order valence-electron chi connectivity index (χ2n) is 5.74. The van der Waals surface area contributed by atoms with E-state index in [1.165, 1.54) is 44.9 Å². The van der Waals surface area contributed by atoms with Gasteiger partial charge in [-0.25, -0.2) is 0 Å². The molecule has 1 heterocycles. The lowest BCUT2D eigenvalue weighted by atomic mass is 10.1. The Labute approximate surface area is 128 Å². The molecule has 0 radical (unpaired) electrons. The summed E-state index contributed by atoms with van der Waals surface area (Å²) in [4.78, 5) is 11.8. The van der Waals surface area contributed by atoms with Crippen LogP contribution in [-0.4, -0.2) is 16.1 Å². The van der Waals surface area contributed by atoms with Crippen LogP contribution in [0.15, 0.2) is 0 Å². The molecule has 0 saturated carbocycles. The minimum absolute atomic E-state index is 0.00357. The van der Waals surface area contributed by atoms with E-state index < -0.39 is 0 Å². The molecule has 5 nitrogen and oxygen atoms in total. The van der Waals surface area contributed by atoms with Crippen LogP contribution < -0.4 is 11.1 Å². The number of aromatic nitrogens is 2. The molecule has 21 heavy (non-hydrogen) atoms. The van der Waals surface area contributed by atoms with E-state index in [1.54, 1.807) is 0 Å². The van der Waals surface area contributed by atoms with Crippen LogP contribution in [0, 0.1) is 6.92 Å². The second kappa shape index (κ2) is 10.2. The molecule has 4 N–H and O–H groups in total. The Kier molecular flexibility index (Phi) is 8.55. The fourth-order valence-corrected chi connectivity index (χ4v) is 2.32. The Morgan fingerprint density at radius 1 is 1.10 bits per heavy atom. The first-order valence-electron chi connectivity index (χ1n) is 8.25. The molecule has 0 aromatic carbocycles. The Hall–Kier alpha value is -1.52. The number of nitrogens with zero attached hydrogens (tertiary/aromatic N) is 1. The van der Waals surface area contributed by atoms with Crippen LogP contribution in [0.1, 0.15) is 76.8 Å². The van der Waals surface area contributed by atoms with E-state index in [9.17, 15) is 4.79 Å². The normalized spacial score (nSPS) is 10.8. The fraction of sp³-hybridized carbons (Fsp3) is 0.750. The quantitative estimate of drug-likeness (QED) is 0.536. The van der Waals surface area contributed by atoms with E-state index >= 15 is 0 Å². The molecule has 0 aliphatic heterocycles. The van der Waals surface area contributed by atoms with Crippen molar-refractivity contribution < 1.29 is 4.79 Å². The summed E-state index contributed by atoms with van der Waals surface area (Å²) in [5, 5.41) is 9.47. The van der Waals surface area contributed by atoms with Gasteiger partial charge in [0.1, 0.15) is 0 Å². The molecule has 0 aliphatic carbocycles. The molecule has 0 bridgehead atoms. The standard InChI is InChI=1S/C16H30N4O/c1-3-4-5-6-7-8-9-10-11-12-14(21)18-16-15(17)13(2)19-20-16/h3-12,17H2,1-2H3,(H2,18,19,20,21). The lowest BCUT2D eigenvalue weighted by Crippen LogP contribution is -2.12. The van der Waals surface area contributed by atoms with Gasteiger partial charge in [0.05, 0.1) is 11.4 Å². The number of H-pyrrole nitrogens is 1. The van der Waals surface area contributed by atoms with Crippen LogP contribution in [0.3, 0.4) is 0 Å². The highest BCUT2D eigenvalue weighted by Crippen LogP contribution is 2.18. The van der Waals surface area contributed by atoms with Crippen LogP contribution in [0.4, 0.5) is 11.5 Å². The van der Waals surface area contributed by atoms with Crippen molar-refractivity contribution in [1.82, 2.24) is 10.2 Å². The van der Waals surface area contributed by atoms with Crippen molar-refractivity contribution in [3.8, 4) is 0 Å². The Morgan fingerprint density at radius 3 is 2.19 bits per heavy atom. The fourth-order valence-electron chi connectivity index (χ4n) is 2.32. The van der Waals surface area contributed by atoms with Crippen LogP contribution in [-0.2, 0) is 4.79 Å². The minimum atomic E-state index is -0.00357. The predicted octanol–water partition coefficient (Wildman–Crippen LogP) is 4.16. The van der Waals surface area contributed by atoms with Gasteiger partial charge in [-0.15, -0.1) is 0 Å². The molecule has 1 amide bonds. The summed E-state index contributed by atoms with van der Waals surface area (Å²) in [6, 6.07) is 0. The highest BCUT2D eigenvalue weighted by Gasteiger charge is 2.09. The minimum Gasteiger partial charge on any atom is -0.394 e. The van der Waals surface area contributed by atoms with E-state index in [1.807, 2.05) is 6.92 Å². The highest BCUT2D eigenvalue weighted by atomic mass is 16.1. The van der Waals surface area contributed by atoms with Crippen molar-refractivity contribution >= 4 is 17.4 Å². The molecular weight excluding hydrogens is 264 g/mol. The smallest absolute Gasteiger partial charge is 0.225 e. The van der Waals surface area contributed by atoms with E-state index in [0.717, 1.165) is 18.5 Å². The van der Waals surface area contributed by atoms with Crippen molar-refractivity contribution in [2.45, 2.75) is 78.1 Å². The number of aromatic amines is 1. The number of carbonyl (C=O) groups is 1. The Balaban J connectivity index is 2.00. The Bertz CT molecular complexity index is 414. The molecule has 120 valence electrons. The maximum Gasteiger partial charge on any atom is 0.225 e. The highest BCUT2D eigenvalue weighted by molar-refractivity contribution is 5.92. The zero-order valence-electron chi connectivity index (χ0n) is 13.5. The zero-order valence-corrected chi connectivity index (χ0v) is 13.5. The summed E-state index contributed by atoms with van der Waals surface area (Å²) in [5.41, 5.74) is 7.10. The molecule has 0 spiro atoms. The van der Waals surface area contributed by atoms with Gasteiger partial charge in [-0.2, -0.15) is 5.10 Å². The maximum absolute atomic E-state index is 11.8. The summed E-state index contributed by atoms with van der Waals surface area (Å²) in [6.45, 7) is 4.07. The van der Waals surface area contributed by atoms with Crippen LogP contribution in [0.5, 0.6) is 0 Å². The Morgan fingerprint density at radius 2 is 1.67 bits per heavy atom. The molecule has 0 saturated heterocycles. The van der Waals surface area contributed by atoms with Crippen molar-refractivity contribution in [3.05, 3.63) is 5.69 Å². The lowest BCUT2D eigenvalue weighted by molar-refractivity contribution is -0.116. The number of hydrogen-bond acceptors (Lipinski definition) is 3. The SMILES string of the molecule is CCCCCCCCCCCC(=O)Nc1n[nH]c(C)c1N. The zero-order chi connectivity index (χ0) is 15.5. The molecule has 0 fully saturated rings. The molecule has 1 rings (SSSR count). The molecule has 1 aromatic rings. The number of nitrogens with two attached hydrogens (primary N) is 1. The van der Waals surface area contributed by atoms with Crippen molar-refractivity contribution in [3.63, 3.8) is 0 Å². The van der Waals surface area contributed by atoms with Crippen molar-refractivity contribution in [1.29, 1.82) is 0 Å². The summed E-state index contributed by atoms with van der Waals surface area (Å²) >= 11 is 0. The van der Waals surface area contributed by atoms with Crippen LogP contribution >= 0.6 is 0 Å². The van der Waals surface area contributed by atoms with Crippen molar-refractivity contribution in [2.75, 3.05) is 11.1 Å². The van der Waals surface area contributed by atoms with E-state index in [-0.39, 0.29) is 5.91 Å². The summed E-state index contributed by atoms with van der Waals surface area (Å²) in [7, 11) is 0. The number of rotatable bonds is 11. The van der Waals surface area contributed by atoms with Gasteiger partial charge in [0.15, 0.2) is 5.82 Å². The van der Waals surface area contributed by atoms with Gasteiger partial charge in [0.2, 0.25) is 5.91 Å². The molecule has 0 atom stereocenters. The summed E-state index contributed by atoms with van der Waals surface area (Å²) in [5.74, 6) is 0.449. The van der Waals surface area contributed by atoms with E-state index in [2.05, 4.69) is 22.4 Å². The number of hydrogen-bond donors (Lipinski definition) is 3. The second-order valence-corrected chi connectivity index (χ2v) is 5.74. The largest absolute Gasteiger partial charge is 0.394 e. The monoisotopic (exact) mass is 294 g/mol.